The van der Waals surface area contributed by atoms with E-state index in [9.17, 15) is 19.2 Å². The molecule has 0 fully saturated rings. The molecule has 0 saturated heterocycles. The number of halogens is 1. The monoisotopic (exact) mass is 407 g/mol. The molecule has 148 valence electrons. The first-order valence-electron chi connectivity index (χ1n) is 8.18. The Kier molecular flexibility index (Phi) is 6.78. The van der Waals surface area contributed by atoms with Crippen molar-refractivity contribution in [2.45, 2.75) is 13.8 Å². The highest BCUT2D eigenvalue weighted by Gasteiger charge is 2.29. The van der Waals surface area contributed by atoms with E-state index in [2.05, 4.69) is 10.6 Å². The van der Waals surface area contributed by atoms with Gasteiger partial charge in [-0.2, -0.15) is 0 Å². The zero-order valence-electron chi connectivity index (χ0n) is 15.1. The molecule has 0 bridgehead atoms. The summed E-state index contributed by atoms with van der Waals surface area (Å²) in [6.07, 6.45) is 0. The van der Waals surface area contributed by atoms with Gasteiger partial charge in [0.2, 0.25) is 11.8 Å². The van der Waals surface area contributed by atoms with Gasteiger partial charge in [-0.05, 0) is 38.1 Å². The van der Waals surface area contributed by atoms with Gasteiger partial charge in [-0.3, -0.25) is 19.7 Å². The topological polar surface area (TPSA) is 141 Å². The van der Waals surface area contributed by atoms with Gasteiger partial charge < -0.3 is 20.2 Å². The van der Waals surface area contributed by atoms with Gasteiger partial charge in [-0.1, -0.05) is 11.6 Å². The van der Waals surface area contributed by atoms with Gasteiger partial charge in [0.05, 0.1) is 13.2 Å². The van der Waals surface area contributed by atoms with Gasteiger partial charge >= 0.3 is 5.97 Å². The molecule has 0 aliphatic rings. The first-order valence-corrected chi connectivity index (χ1v) is 8.56. The van der Waals surface area contributed by atoms with Crippen LogP contribution in [0.1, 0.15) is 43.8 Å². The minimum atomic E-state index is -0.972. The Bertz CT molecular complexity index is 920. The Morgan fingerprint density at radius 2 is 1.79 bits per heavy atom. The number of furan rings is 1. The number of carbonyl (C=O) groups excluding carboxylic acids is 4. The Hall–Kier alpha value is -3.33. The number of aryl methyl sites for hydroxylation is 1. The summed E-state index contributed by atoms with van der Waals surface area (Å²) in [5.74, 6) is -3.18. The van der Waals surface area contributed by atoms with Crippen LogP contribution in [0.15, 0.2) is 28.7 Å². The van der Waals surface area contributed by atoms with Gasteiger partial charge in [-0.15, -0.1) is 0 Å². The molecule has 0 unspecified atom stereocenters. The number of nitrogens with one attached hydrogen (secondary N) is 2. The second-order valence-electron chi connectivity index (χ2n) is 5.56. The number of amides is 3. The van der Waals surface area contributed by atoms with E-state index >= 15 is 0 Å². The van der Waals surface area contributed by atoms with Crippen LogP contribution < -0.4 is 16.4 Å². The highest BCUT2D eigenvalue weighted by Crippen LogP contribution is 2.27. The largest absolute Gasteiger partial charge is 0.462 e. The molecule has 1 aromatic carbocycles. The number of nitrogens with two attached hydrogens (primary N) is 1. The van der Waals surface area contributed by atoms with Gasteiger partial charge in [0.25, 0.3) is 11.8 Å². The zero-order valence-corrected chi connectivity index (χ0v) is 15.9. The van der Waals surface area contributed by atoms with Crippen molar-refractivity contribution in [2.24, 2.45) is 5.73 Å². The van der Waals surface area contributed by atoms with E-state index in [1.165, 1.54) is 31.2 Å². The molecule has 0 aliphatic carbocycles. The Labute approximate surface area is 165 Å². The predicted molar refractivity (Wildman–Crippen MR) is 100 cm³/mol. The minimum absolute atomic E-state index is 0.0627. The number of benzene rings is 1. The zero-order chi connectivity index (χ0) is 20.8. The molecule has 10 heteroatoms. The fourth-order valence-electron chi connectivity index (χ4n) is 2.35. The first-order chi connectivity index (χ1) is 13.2. The Balaban J connectivity index is 2.10. The van der Waals surface area contributed by atoms with Crippen LogP contribution in [-0.2, 0) is 9.53 Å². The smallest absolute Gasteiger partial charge is 0.342 e. The number of esters is 1. The van der Waals surface area contributed by atoms with Gasteiger partial charge in [0.1, 0.15) is 16.9 Å². The van der Waals surface area contributed by atoms with E-state index in [4.69, 9.17) is 26.5 Å². The summed E-state index contributed by atoms with van der Waals surface area (Å²) in [5.41, 5.74) is 5.17. The molecule has 0 radical (unpaired) electrons. The van der Waals surface area contributed by atoms with E-state index in [-0.39, 0.29) is 29.4 Å². The third kappa shape index (κ3) is 4.89. The first kappa shape index (κ1) is 21.0. The normalized spacial score (nSPS) is 10.2. The molecule has 0 atom stereocenters. The van der Waals surface area contributed by atoms with Crippen LogP contribution >= 0.6 is 11.6 Å². The summed E-state index contributed by atoms with van der Waals surface area (Å²) in [5, 5.41) is 5.20. The van der Waals surface area contributed by atoms with E-state index < -0.39 is 30.2 Å². The maximum Gasteiger partial charge on any atom is 0.342 e. The van der Waals surface area contributed by atoms with E-state index in [0.29, 0.717) is 10.6 Å². The van der Waals surface area contributed by atoms with Gasteiger partial charge in [0.15, 0.2) is 0 Å². The van der Waals surface area contributed by atoms with Crippen LogP contribution in [0.25, 0.3) is 0 Å². The van der Waals surface area contributed by atoms with Crippen LogP contribution in [0.4, 0.5) is 5.88 Å². The molecule has 2 aromatic rings. The molecule has 0 saturated carbocycles. The number of carbonyl (C=O) groups is 4. The maximum atomic E-state index is 12.1. The van der Waals surface area contributed by atoms with Crippen LogP contribution in [0.3, 0.4) is 0 Å². The van der Waals surface area contributed by atoms with Crippen molar-refractivity contribution in [1.82, 2.24) is 5.32 Å². The lowest BCUT2D eigenvalue weighted by Gasteiger charge is -2.07. The fraction of sp³-hybridized carbons (Fsp3) is 0.222. The number of hydrogen-bond acceptors (Lipinski definition) is 6. The third-order valence-corrected chi connectivity index (χ3v) is 3.83. The summed E-state index contributed by atoms with van der Waals surface area (Å²) in [6, 6.07) is 6.08. The van der Waals surface area contributed by atoms with Crippen molar-refractivity contribution >= 4 is 41.2 Å². The van der Waals surface area contributed by atoms with Crippen LogP contribution in [0.5, 0.6) is 0 Å². The van der Waals surface area contributed by atoms with Crippen molar-refractivity contribution in [3.05, 3.63) is 51.7 Å². The molecule has 28 heavy (non-hydrogen) atoms. The lowest BCUT2D eigenvalue weighted by molar-refractivity contribution is -0.115. The van der Waals surface area contributed by atoms with E-state index in [1.54, 1.807) is 6.92 Å². The molecule has 0 aliphatic heterocycles. The highest BCUT2D eigenvalue weighted by molar-refractivity contribution is 6.30. The van der Waals surface area contributed by atoms with Crippen LogP contribution in [0.2, 0.25) is 5.02 Å². The van der Waals surface area contributed by atoms with Gasteiger partial charge in [-0.25, -0.2) is 4.79 Å². The van der Waals surface area contributed by atoms with Crippen molar-refractivity contribution in [2.75, 3.05) is 18.5 Å². The lowest BCUT2D eigenvalue weighted by Crippen LogP contribution is -2.33. The molecule has 0 spiro atoms. The number of rotatable bonds is 7. The second-order valence-corrected chi connectivity index (χ2v) is 6.00. The van der Waals surface area contributed by atoms with Crippen LogP contribution in [-0.4, -0.2) is 36.8 Å². The predicted octanol–water partition coefficient (Wildman–Crippen LogP) is 1.89. The average Bonchev–Trinajstić information content (AvgIpc) is 2.96. The minimum Gasteiger partial charge on any atom is -0.462 e. The van der Waals surface area contributed by atoms with Crippen molar-refractivity contribution < 1.29 is 28.3 Å². The van der Waals surface area contributed by atoms with Crippen LogP contribution in [0, 0.1) is 6.92 Å². The lowest BCUT2D eigenvalue weighted by atomic mass is 10.1. The molecular formula is C18H18ClN3O6. The molecule has 3 amide bonds. The summed E-state index contributed by atoms with van der Waals surface area (Å²) < 4.78 is 10.2. The molecule has 4 N–H and O–H groups in total. The Morgan fingerprint density at radius 3 is 2.36 bits per heavy atom. The average molecular weight is 408 g/mol. The van der Waals surface area contributed by atoms with E-state index in [1.807, 2.05) is 0 Å². The van der Waals surface area contributed by atoms with E-state index in [0.717, 1.165) is 0 Å². The molecule has 9 nitrogen and oxygen atoms in total. The highest BCUT2D eigenvalue weighted by atomic mass is 35.5. The molecule has 1 heterocycles. The van der Waals surface area contributed by atoms with Crippen molar-refractivity contribution in [3.8, 4) is 0 Å². The maximum absolute atomic E-state index is 12.1. The molecule has 2 rings (SSSR count). The third-order valence-electron chi connectivity index (χ3n) is 3.58. The van der Waals surface area contributed by atoms with Crippen molar-refractivity contribution in [1.29, 1.82) is 0 Å². The second kappa shape index (κ2) is 9.05. The van der Waals surface area contributed by atoms with Gasteiger partial charge in [0, 0.05) is 10.6 Å². The molecule has 1 aromatic heterocycles. The number of hydrogen-bond donors (Lipinski definition) is 3. The summed E-state index contributed by atoms with van der Waals surface area (Å²) in [4.78, 5) is 47.9. The summed E-state index contributed by atoms with van der Waals surface area (Å²) in [7, 11) is 0. The quantitative estimate of drug-likeness (QED) is 0.598. The number of ether oxygens (including phenoxy) is 1. The standard InChI is InChI=1S/C18H18ClN3O6/c1-3-27-18(26)13-9(2)28-17(14(13)15(20)24)22-12(23)8-21-16(25)10-4-6-11(19)7-5-10/h4-7H,3,8H2,1-2H3,(H2,20,24)(H,21,25)(H,22,23). The Morgan fingerprint density at radius 1 is 1.14 bits per heavy atom. The van der Waals surface area contributed by atoms with Crippen molar-refractivity contribution in [3.63, 3.8) is 0 Å². The summed E-state index contributed by atoms with van der Waals surface area (Å²) in [6.45, 7) is 2.70. The molecular weight excluding hydrogens is 390 g/mol. The SMILES string of the molecule is CCOC(=O)c1c(C)oc(NC(=O)CNC(=O)c2ccc(Cl)cc2)c1C(N)=O. The fourth-order valence-corrected chi connectivity index (χ4v) is 2.48. The number of primary amides is 1. The summed E-state index contributed by atoms with van der Waals surface area (Å²) >= 11 is 5.75. The number of anilines is 1.